The second-order valence-electron chi connectivity index (χ2n) is 12.9. The van der Waals surface area contributed by atoms with Crippen molar-refractivity contribution in [3.05, 3.63) is 164 Å². The number of furan rings is 1. The van der Waals surface area contributed by atoms with Crippen molar-refractivity contribution in [1.82, 2.24) is 4.57 Å². The minimum Gasteiger partial charge on any atom is -0.456 e. The molecule has 9 aromatic carbocycles. The van der Waals surface area contributed by atoms with Crippen LogP contribution in [0.15, 0.2) is 168 Å². The van der Waals surface area contributed by atoms with Gasteiger partial charge in [-0.25, -0.2) is 0 Å². The molecule has 0 atom stereocenters. The minimum atomic E-state index is 0.909. The highest BCUT2D eigenvalue weighted by atomic mass is 16.3. The molecule has 11 aromatic rings. The van der Waals surface area contributed by atoms with E-state index in [1.165, 1.54) is 81.7 Å². The molecule has 0 fully saturated rings. The van der Waals surface area contributed by atoms with Gasteiger partial charge < -0.3 is 8.98 Å². The normalized spacial score (nSPS) is 12.2. The third-order valence-corrected chi connectivity index (χ3v) is 10.3. The highest BCUT2D eigenvalue weighted by Gasteiger charge is 2.21. The summed E-state index contributed by atoms with van der Waals surface area (Å²) in [7, 11) is 0. The monoisotopic (exact) mass is 609 g/mol. The fourth-order valence-corrected chi connectivity index (χ4v) is 8.26. The molecule has 11 rings (SSSR count). The predicted molar refractivity (Wildman–Crippen MR) is 204 cm³/mol. The van der Waals surface area contributed by atoms with E-state index in [1.54, 1.807) is 0 Å². The van der Waals surface area contributed by atoms with Crippen LogP contribution < -0.4 is 0 Å². The van der Waals surface area contributed by atoms with Crippen molar-refractivity contribution in [2.45, 2.75) is 0 Å². The molecule has 0 unspecified atom stereocenters. The van der Waals surface area contributed by atoms with E-state index >= 15 is 0 Å². The Labute approximate surface area is 275 Å². The van der Waals surface area contributed by atoms with Crippen LogP contribution in [-0.2, 0) is 0 Å². The molecule has 0 amide bonds. The summed E-state index contributed by atoms with van der Waals surface area (Å²) in [5.41, 5.74) is 7.91. The summed E-state index contributed by atoms with van der Waals surface area (Å²) in [5.74, 6) is 0. The fourth-order valence-electron chi connectivity index (χ4n) is 8.26. The summed E-state index contributed by atoms with van der Waals surface area (Å²) < 4.78 is 8.91. The minimum absolute atomic E-state index is 0.909. The summed E-state index contributed by atoms with van der Waals surface area (Å²) in [6.45, 7) is 0. The van der Waals surface area contributed by atoms with Crippen LogP contribution in [0.3, 0.4) is 0 Å². The molecule has 0 saturated carbocycles. The lowest BCUT2D eigenvalue weighted by atomic mass is 9.90. The van der Waals surface area contributed by atoms with Crippen LogP contribution in [-0.4, -0.2) is 4.57 Å². The number of hydrogen-bond donors (Lipinski definition) is 0. The lowest BCUT2D eigenvalue weighted by Crippen LogP contribution is -1.99. The van der Waals surface area contributed by atoms with Crippen molar-refractivity contribution in [2.24, 2.45) is 0 Å². The zero-order valence-corrected chi connectivity index (χ0v) is 25.9. The molecule has 0 aliphatic carbocycles. The van der Waals surface area contributed by atoms with Crippen LogP contribution in [0.2, 0.25) is 0 Å². The topological polar surface area (TPSA) is 18.1 Å². The molecule has 48 heavy (non-hydrogen) atoms. The number of aromatic nitrogens is 1. The van der Waals surface area contributed by atoms with Crippen LogP contribution in [0.4, 0.5) is 0 Å². The average molecular weight is 610 g/mol. The molecule has 0 radical (unpaired) electrons. The number of fused-ring (bicyclic) bond motifs is 11. The van der Waals surface area contributed by atoms with Crippen molar-refractivity contribution in [3.8, 4) is 16.8 Å². The first kappa shape index (κ1) is 25.8. The summed E-state index contributed by atoms with van der Waals surface area (Å²) in [6, 6.07) is 59.6. The maximum absolute atomic E-state index is 6.40. The third-order valence-electron chi connectivity index (χ3n) is 10.3. The Hall–Kier alpha value is -6.38. The molecule has 0 saturated heterocycles. The lowest BCUT2D eigenvalue weighted by molar-refractivity contribution is 0.669. The van der Waals surface area contributed by atoms with Gasteiger partial charge in [0.2, 0.25) is 0 Å². The van der Waals surface area contributed by atoms with Gasteiger partial charge in [-0.1, -0.05) is 127 Å². The van der Waals surface area contributed by atoms with Gasteiger partial charge in [0.25, 0.3) is 0 Å². The molecule has 0 N–H and O–H groups in total. The number of hydrogen-bond acceptors (Lipinski definition) is 1. The van der Waals surface area contributed by atoms with Crippen LogP contribution in [0.5, 0.6) is 0 Å². The van der Waals surface area contributed by atoms with Crippen molar-refractivity contribution in [3.63, 3.8) is 0 Å². The van der Waals surface area contributed by atoms with E-state index in [2.05, 4.69) is 168 Å². The summed E-state index contributed by atoms with van der Waals surface area (Å²) in [4.78, 5) is 0. The van der Waals surface area contributed by atoms with Crippen molar-refractivity contribution in [1.29, 1.82) is 0 Å². The molecular weight excluding hydrogens is 583 g/mol. The number of nitrogens with zero attached hydrogens (tertiary/aromatic N) is 1. The molecule has 2 heterocycles. The summed E-state index contributed by atoms with van der Waals surface area (Å²) in [5, 5.41) is 14.7. The van der Waals surface area contributed by atoms with Crippen LogP contribution >= 0.6 is 0 Å². The Morgan fingerprint density at radius 1 is 0.354 bits per heavy atom. The SMILES string of the molecule is c1ccc2cc3c(cc2c1)oc1ccc(-c2c4ccccc4c(-n4c5ccccc5c5c6ccccc6ccc54)c4ccccc24)cc13. The number of benzene rings is 9. The smallest absolute Gasteiger partial charge is 0.136 e. The Bertz CT molecular complexity index is 3060. The van der Waals surface area contributed by atoms with E-state index in [0.29, 0.717) is 0 Å². The standard InChI is InChI=1S/C46H27NO/c1-2-13-30-27-43-39(25-29(30)12-1)38-26-31(22-24-42(38)48-43)44-33-15-5-7-17-35(33)46(36-18-8-6-16-34(36)44)47-40-20-10-9-19-37(40)45-32-14-4-3-11-28(32)21-23-41(45)47/h1-27H. The first-order chi connectivity index (χ1) is 23.8. The Kier molecular flexibility index (Phi) is 5.14. The van der Waals surface area contributed by atoms with Gasteiger partial charge in [-0.2, -0.15) is 0 Å². The van der Waals surface area contributed by atoms with Gasteiger partial charge in [-0.05, 0) is 79.8 Å². The van der Waals surface area contributed by atoms with Crippen LogP contribution in [0.25, 0.3) is 104 Å². The molecule has 2 nitrogen and oxygen atoms in total. The molecule has 222 valence electrons. The van der Waals surface area contributed by atoms with Crippen molar-refractivity contribution >= 4 is 86.8 Å². The zero-order valence-electron chi connectivity index (χ0n) is 25.9. The summed E-state index contributed by atoms with van der Waals surface area (Å²) in [6.07, 6.45) is 0. The maximum atomic E-state index is 6.40. The summed E-state index contributed by atoms with van der Waals surface area (Å²) >= 11 is 0. The Balaban J connectivity index is 1.27. The van der Waals surface area contributed by atoms with Gasteiger partial charge in [-0.15, -0.1) is 0 Å². The van der Waals surface area contributed by atoms with Gasteiger partial charge in [-0.3, -0.25) is 0 Å². The van der Waals surface area contributed by atoms with Crippen LogP contribution in [0.1, 0.15) is 0 Å². The fraction of sp³-hybridized carbons (Fsp3) is 0. The Morgan fingerprint density at radius 3 is 1.69 bits per heavy atom. The first-order valence-corrected chi connectivity index (χ1v) is 16.5. The highest BCUT2D eigenvalue weighted by Crippen LogP contribution is 2.46. The van der Waals surface area contributed by atoms with E-state index in [1.807, 2.05) is 0 Å². The van der Waals surface area contributed by atoms with Gasteiger partial charge in [0.1, 0.15) is 11.2 Å². The molecule has 0 aliphatic rings. The highest BCUT2D eigenvalue weighted by molar-refractivity contribution is 6.25. The Morgan fingerprint density at radius 2 is 0.938 bits per heavy atom. The molecule has 2 aromatic heterocycles. The quantitative estimate of drug-likeness (QED) is 0.178. The molecule has 2 heteroatoms. The second-order valence-corrected chi connectivity index (χ2v) is 12.9. The average Bonchev–Trinajstić information content (AvgIpc) is 3.67. The van der Waals surface area contributed by atoms with E-state index in [-0.39, 0.29) is 0 Å². The number of para-hydroxylation sites is 1. The largest absolute Gasteiger partial charge is 0.456 e. The molecule has 0 bridgehead atoms. The zero-order chi connectivity index (χ0) is 31.3. The van der Waals surface area contributed by atoms with E-state index in [0.717, 1.165) is 21.9 Å². The van der Waals surface area contributed by atoms with Gasteiger partial charge in [0.05, 0.1) is 16.7 Å². The van der Waals surface area contributed by atoms with E-state index in [4.69, 9.17) is 4.42 Å². The van der Waals surface area contributed by atoms with E-state index in [9.17, 15) is 0 Å². The lowest BCUT2D eigenvalue weighted by Gasteiger charge is -2.19. The predicted octanol–water partition coefficient (Wildman–Crippen LogP) is 13.0. The first-order valence-electron chi connectivity index (χ1n) is 16.5. The van der Waals surface area contributed by atoms with E-state index < -0.39 is 0 Å². The maximum Gasteiger partial charge on any atom is 0.136 e. The second kappa shape index (κ2) is 9.57. The van der Waals surface area contributed by atoms with Crippen LogP contribution in [0, 0.1) is 0 Å². The van der Waals surface area contributed by atoms with Gasteiger partial charge >= 0.3 is 0 Å². The number of rotatable bonds is 2. The molecule has 0 spiro atoms. The third kappa shape index (κ3) is 3.46. The van der Waals surface area contributed by atoms with Gasteiger partial charge in [0.15, 0.2) is 0 Å². The molecule has 0 aliphatic heterocycles. The van der Waals surface area contributed by atoms with Crippen molar-refractivity contribution < 1.29 is 4.42 Å². The van der Waals surface area contributed by atoms with Gasteiger partial charge in [0, 0.05) is 32.3 Å². The molecular formula is C46H27NO. The van der Waals surface area contributed by atoms with Crippen molar-refractivity contribution in [2.75, 3.05) is 0 Å².